The molecule has 0 saturated carbocycles. The van der Waals surface area contributed by atoms with Gasteiger partial charge in [0.2, 0.25) is 5.91 Å². The second-order valence-corrected chi connectivity index (χ2v) is 4.82. The Hall–Kier alpha value is -0.810. The minimum absolute atomic E-state index is 0.00690. The van der Waals surface area contributed by atoms with Crippen LogP contribution in [0.1, 0.15) is 19.5 Å². The first kappa shape index (κ1) is 14.3. The summed E-state index contributed by atoms with van der Waals surface area (Å²) in [5, 5.41) is 0.848. The minimum Gasteiger partial charge on any atom is -0.333 e. The van der Waals surface area contributed by atoms with Crippen LogP contribution >= 0.6 is 23.4 Å². The summed E-state index contributed by atoms with van der Waals surface area (Å²) in [6, 6.07) is 0.0953. The molecular weight excluding hydrogens is 258 g/mol. The zero-order chi connectivity index (χ0) is 12.8. The number of amides is 1. The quantitative estimate of drug-likeness (QED) is 0.609. The molecule has 0 radical (unpaired) electrons. The van der Waals surface area contributed by atoms with Crippen LogP contribution in [0, 0.1) is 0 Å². The van der Waals surface area contributed by atoms with Crippen LogP contribution in [-0.4, -0.2) is 39.0 Å². The van der Waals surface area contributed by atoms with Crippen LogP contribution in [0.2, 0.25) is 0 Å². The average Bonchev–Trinajstić information content (AvgIpc) is 2.35. The zero-order valence-corrected chi connectivity index (χ0v) is 11.8. The summed E-state index contributed by atoms with van der Waals surface area (Å²) < 4.78 is 0. The van der Waals surface area contributed by atoms with Crippen molar-refractivity contribution in [3.63, 3.8) is 0 Å². The van der Waals surface area contributed by atoms with E-state index in [1.807, 2.05) is 20.1 Å². The van der Waals surface area contributed by atoms with Crippen molar-refractivity contribution in [3.8, 4) is 0 Å². The third kappa shape index (κ3) is 3.85. The van der Waals surface area contributed by atoms with Crippen molar-refractivity contribution in [2.24, 2.45) is 0 Å². The molecule has 0 fully saturated rings. The van der Waals surface area contributed by atoms with Crippen LogP contribution < -0.4 is 0 Å². The lowest BCUT2D eigenvalue weighted by atomic mass is 10.3. The van der Waals surface area contributed by atoms with Gasteiger partial charge < -0.3 is 4.90 Å². The van der Waals surface area contributed by atoms with Crippen molar-refractivity contribution in [2.75, 3.05) is 12.1 Å². The lowest BCUT2D eigenvalue weighted by molar-refractivity contribution is -0.130. The molecule has 0 aliphatic rings. The molecule has 94 valence electrons. The van der Waals surface area contributed by atoms with Gasteiger partial charge >= 0.3 is 0 Å². The second-order valence-electron chi connectivity index (χ2n) is 3.76. The maximum absolute atomic E-state index is 11.7. The number of rotatable bonds is 5. The highest BCUT2D eigenvalue weighted by Crippen LogP contribution is 2.17. The van der Waals surface area contributed by atoms with E-state index in [9.17, 15) is 4.79 Å². The molecule has 17 heavy (non-hydrogen) atoms. The van der Waals surface area contributed by atoms with Crippen LogP contribution in [0.3, 0.4) is 0 Å². The van der Waals surface area contributed by atoms with Gasteiger partial charge in [-0.3, -0.25) is 9.78 Å². The molecule has 0 saturated heterocycles. The first-order valence-corrected chi connectivity index (χ1v) is 7.05. The van der Waals surface area contributed by atoms with Gasteiger partial charge in [-0.25, -0.2) is 4.98 Å². The molecule has 0 aromatic carbocycles. The van der Waals surface area contributed by atoms with E-state index in [2.05, 4.69) is 9.97 Å². The van der Waals surface area contributed by atoms with E-state index in [4.69, 9.17) is 11.6 Å². The molecule has 4 nitrogen and oxygen atoms in total. The van der Waals surface area contributed by atoms with Gasteiger partial charge in [-0.05, 0) is 20.1 Å². The fraction of sp³-hybridized carbons (Fsp3) is 0.545. The van der Waals surface area contributed by atoms with E-state index in [0.29, 0.717) is 6.54 Å². The Kier molecular flexibility index (Phi) is 5.71. The molecule has 1 aromatic heterocycles. The van der Waals surface area contributed by atoms with Crippen molar-refractivity contribution in [1.82, 2.24) is 14.9 Å². The summed E-state index contributed by atoms with van der Waals surface area (Å²) in [5.74, 6) is -0.0908. The molecule has 0 spiro atoms. The fourth-order valence-corrected chi connectivity index (χ4v) is 2.10. The molecule has 0 aliphatic heterocycles. The minimum atomic E-state index is -0.0839. The Bertz CT molecular complexity index is 387. The summed E-state index contributed by atoms with van der Waals surface area (Å²) in [4.78, 5) is 21.9. The molecule has 0 unspecified atom stereocenters. The van der Waals surface area contributed by atoms with Gasteiger partial charge in [-0.15, -0.1) is 23.4 Å². The summed E-state index contributed by atoms with van der Waals surface area (Å²) in [6.07, 6.45) is 5.23. The maximum atomic E-state index is 11.7. The van der Waals surface area contributed by atoms with Gasteiger partial charge in [0.25, 0.3) is 0 Å². The van der Waals surface area contributed by atoms with E-state index in [1.165, 1.54) is 11.8 Å². The predicted molar refractivity (Wildman–Crippen MR) is 70.2 cm³/mol. The van der Waals surface area contributed by atoms with Crippen LogP contribution in [0.5, 0.6) is 0 Å². The zero-order valence-electron chi connectivity index (χ0n) is 10.2. The van der Waals surface area contributed by atoms with Crippen molar-refractivity contribution < 1.29 is 4.79 Å². The van der Waals surface area contributed by atoms with E-state index < -0.39 is 0 Å². The lowest BCUT2D eigenvalue weighted by Gasteiger charge is -2.26. The van der Waals surface area contributed by atoms with Gasteiger partial charge in [0, 0.05) is 18.4 Å². The first-order chi connectivity index (χ1) is 8.10. The van der Waals surface area contributed by atoms with Crippen LogP contribution in [0.25, 0.3) is 0 Å². The Morgan fingerprint density at radius 2 is 2.12 bits per heavy atom. The Labute approximate surface area is 111 Å². The Morgan fingerprint density at radius 3 is 2.65 bits per heavy atom. The highest BCUT2D eigenvalue weighted by molar-refractivity contribution is 7.98. The molecule has 0 N–H and O–H groups in total. The predicted octanol–water partition coefficient (Wildman–Crippen LogP) is 2.17. The number of halogens is 1. The number of hydrogen-bond donors (Lipinski definition) is 0. The number of alkyl halides is 1. The van der Waals surface area contributed by atoms with Gasteiger partial charge in [0.05, 0.1) is 12.2 Å². The molecule has 6 heteroatoms. The van der Waals surface area contributed by atoms with Crippen molar-refractivity contribution in [1.29, 1.82) is 0 Å². The van der Waals surface area contributed by atoms with Crippen molar-refractivity contribution >= 4 is 29.3 Å². The summed E-state index contributed by atoms with van der Waals surface area (Å²) >= 11 is 7.12. The fourth-order valence-electron chi connectivity index (χ4n) is 1.43. The van der Waals surface area contributed by atoms with Crippen molar-refractivity contribution in [3.05, 3.63) is 18.1 Å². The second kappa shape index (κ2) is 6.81. The monoisotopic (exact) mass is 273 g/mol. The average molecular weight is 274 g/mol. The first-order valence-electron chi connectivity index (χ1n) is 5.29. The van der Waals surface area contributed by atoms with E-state index >= 15 is 0 Å². The molecule has 1 amide bonds. The molecule has 1 heterocycles. The summed E-state index contributed by atoms with van der Waals surface area (Å²) in [7, 11) is 0. The van der Waals surface area contributed by atoms with Gasteiger partial charge in [-0.2, -0.15) is 0 Å². The summed E-state index contributed by atoms with van der Waals surface area (Å²) in [6.45, 7) is 4.37. The smallest absolute Gasteiger partial charge is 0.238 e. The Balaban J connectivity index is 2.89. The lowest BCUT2D eigenvalue weighted by Crippen LogP contribution is -2.37. The Morgan fingerprint density at radius 1 is 1.47 bits per heavy atom. The highest BCUT2D eigenvalue weighted by atomic mass is 35.5. The molecule has 1 aromatic rings. The van der Waals surface area contributed by atoms with Gasteiger partial charge in [0.15, 0.2) is 0 Å². The van der Waals surface area contributed by atoms with E-state index in [1.54, 1.807) is 17.3 Å². The summed E-state index contributed by atoms with van der Waals surface area (Å²) in [5.41, 5.74) is 0.812. The number of aromatic nitrogens is 2. The third-order valence-electron chi connectivity index (χ3n) is 2.31. The van der Waals surface area contributed by atoms with Crippen LogP contribution in [-0.2, 0) is 11.3 Å². The standard InChI is InChI=1S/C11H16ClN3OS/c1-8(2)15(10(16)6-12)7-9-11(17-3)14-5-4-13-9/h4-5,8H,6-7H2,1-3H3. The van der Waals surface area contributed by atoms with Crippen LogP contribution in [0.4, 0.5) is 0 Å². The molecule has 1 rings (SSSR count). The van der Waals surface area contributed by atoms with E-state index in [0.717, 1.165) is 10.7 Å². The molecule has 0 atom stereocenters. The van der Waals surface area contributed by atoms with Gasteiger partial charge in [-0.1, -0.05) is 0 Å². The number of nitrogens with zero attached hydrogens (tertiary/aromatic N) is 3. The SMILES string of the molecule is CSc1nccnc1CN(C(=O)CCl)C(C)C. The normalized spacial score (nSPS) is 10.6. The van der Waals surface area contributed by atoms with Crippen LogP contribution in [0.15, 0.2) is 17.4 Å². The third-order valence-corrected chi connectivity index (χ3v) is 3.26. The molecule has 0 bridgehead atoms. The maximum Gasteiger partial charge on any atom is 0.238 e. The molecule has 0 aliphatic carbocycles. The number of carbonyl (C=O) groups is 1. The highest BCUT2D eigenvalue weighted by Gasteiger charge is 2.18. The largest absolute Gasteiger partial charge is 0.333 e. The van der Waals surface area contributed by atoms with Gasteiger partial charge in [0.1, 0.15) is 10.9 Å². The number of hydrogen-bond acceptors (Lipinski definition) is 4. The van der Waals surface area contributed by atoms with Crippen molar-refractivity contribution in [2.45, 2.75) is 31.5 Å². The topological polar surface area (TPSA) is 46.1 Å². The number of carbonyl (C=O) groups excluding carboxylic acids is 1. The number of thioether (sulfide) groups is 1. The van der Waals surface area contributed by atoms with E-state index in [-0.39, 0.29) is 17.8 Å². The molecular formula is C11H16ClN3OS.